The summed E-state index contributed by atoms with van der Waals surface area (Å²) in [5, 5.41) is 4.29. The molecule has 0 saturated heterocycles. The van der Waals surface area contributed by atoms with Crippen molar-refractivity contribution in [3.8, 4) is 0 Å². The zero-order valence-corrected chi connectivity index (χ0v) is 13.5. The Morgan fingerprint density at radius 1 is 0.875 bits per heavy atom. The van der Waals surface area contributed by atoms with Crippen LogP contribution in [0.1, 0.15) is 5.56 Å². The summed E-state index contributed by atoms with van der Waals surface area (Å²) in [7, 11) is 0. The molecule has 122 valence electrons. The van der Waals surface area contributed by atoms with Gasteiger partial charge in [0.1, 0.15) is 11.6 Å². The minimum Gasteiger partial charge on any atom is -0.353 e. The normalized spacial score (nSPS) is 14.3. The van der Waals surface area contributed by atoms with Crippen molar-refractivity contribution in [1.82, 2.24) is 19.7 Å². The maximum absolute atomic E-state index is 4.64. The lowest BCUT2D eigenvalue weighted by Gasteiger charge is -2.24. The number of hydrogen-bond donors (Lipinski definition) is 0. The molecule has 1 aliphatic heterocycles. The van der Waals surface area contributed by atoms with Crippen LogP contribution in [0, 0.1) is 0 Å². The molecule has 0 amide bonds. The van der Waals surface area contributed by atoms with Gasteiger partial charge in [-0.3, -0.25) is 4.68 Å². The number of pyridine rings is 2. The third kappa shape index (κ3) is 3.08. The van der Waals surface area contributed by atoms with Gasteiger partial charge in [-0.1, -0.05) is 12.1 Å². The number of nitrogens with zero attached hydrogens (tertiary/aromatic N) is 6. The lowest BCUT2D eigenvalue weighted by atomic mass is 10.2. The number of anilines is 2. The maximum atomic E-state index is 4.64. The molecular formula is C18H20N6. The molecule has 0 radical (unpaired) electrons. The molecule has 24 heavy (non-hydrogen) atoms. The predicted octanol–water partition coefficient (Wildman–Crippen LogP) is 2.20. The zero-order chi connectivity index (χ0) is 16.2. The molecule has 6 nitrogen and oxygen atoms in total. The van der Waals surface area contributed by atoms with E-state index in [0.29, 0.717) is 0 Å². The van der Waals surface area contributed by atoms with Crippen molar-refractivity contribution >= 4 is 11.6 Å². The van der Waals surface area contributed by atoms with Crippen LogP contribution in [0.25, 0.3) is 0 Å². The molecule has 1 aliphatic rings. The van der Waals surface area contributed by atoms with Gasteiger partial charge in [0.05, 0.1) is 6.54 Å². The van der Waals surface area contributed by atoms with Crippen molar-refractivity contribution < 1.29 is 0 Å². The number of rotatable bonds is 4. The van der Waals surface area contributed by atoms with Gasteiger partial charge in [0.2, 0.25) is 0 Å². The molecule has 3 aromatic heterocycles. The van der Waals surface area contributed by atoms with E-state index in [-0.39, 0.29) is 0 Å². The first kappa shape index (κ1) is 14.7. The zero-order valence-electron chi connectivity index (χ0n) is 13.5. The highest BCUT2D eigenvalue weighted by atomic mass is 15.3. The number of hydrogen-bond acceptors (Lipinski definition) is 5. The van der Waals surface area contributed by atoms with Crippen molar-refractivity contribution in [2.75, 3.05) is 29.4 Å². The summed E-state index contributed by atoms with van der Waals surface area (Å²) in [6, 6.07) is 12.2. The SMILES string of the molecule is c1ccc(N2CCN(CCn3cccn3)c3ncccc3C2)nc1. The first-order valence-electron chi connectivity index (χ1n) is 8.22. The van der Waals surface area contributed by atoms with Crippen LogP contribution in [0.3, 0.4) is 0 Å². The Morgan fingerprint density at radius 3 is 2.67 bits per heavy atom. The summed E-state index contributed by atoms with van der Waals surface area (Å²) in [6.07, 6.45) is 7.53. The van der Waals surface area contributed by atoms with Crippen molar-refractivity contribution in [2.24, 2.45) is 0 Å². The van der Waals surface area contributed by atoms with Crippen LogP contribution in [0.15, 0.2) is 61.2 Å². The molecule has 0 fully saturated rings. The summed E-state index contributed by atoms with van der Waals surface area (Å²) >= 11 is 0. The van der Waals surface area contributed by atoms with E-state index < -0.39 is 0 Å². The molecule has 0 aromatic carbocycles. The fourth-order valence-electron chi connectivity index (χ4n) is 3.08. The van der Waals surface area contributed by atoms with Gasteiger partial charge in [-0.25, -0.2) is 9.97 Å². The molecule has 0 spiro atoms. The number of aromatic nitrogens is 4. The second-order valence-corrected chi connectivity index (χ2v) is 5.85. The fourth-order valence-corrected chi connectivity index (χ4v) is 3.08. The van der Waals surface area contributed by atoms with Gasteiger partial charge in [-0.05, 0) is 24.3 Å². The van der Waals surface area contributed by atoms with E-state index in [4.69, 9.17) is 0 Å². The van der Waals surface area contributed by atoms with Gasteiger partial charge in [0.15, 0.2) is 0 Å². The number of fused-ring (bicyclic) bond motifs is 1. The first-order chi connectivity index (χ1) is 11.9. The van der Waals surface area contributed by atoms with Crippen LogP contribution < -0.4 is 9.80 Å². The highest BCUT2D eigenvalue weighted by Gasteiger charge is 2.21. The van der Waals surface area contributed by atoms with E-state index in [1.54, 1.807) is 0 Å². The van der Waals surface area contributed by atoms with E-state index in [0.717, 1.165) is 44.4 Å². The highest BCUT2D eigenvalue weighted by Crippen LogP contribution is 2.24. The third-order valence-electron chi connectivity index (χ3n) is 4.30. The molecule has 0 unspecified atom stereocenters. The van der Waals surface area contributed by atoms with Gasteiger partial charge < -0.3 is 9.80 Å². The second-order valence-electron chi connectivity index (χ2n) is 5.85. The molecule has 6 heteroatoms. The standard InChI is InChI=1S/C18H20N6/c1-2-7-19-17(6-1)23-12-11-22(13-14-24-10-4-9-21-24)18-16(15-23)5-3-8-20-18/h1-10H,11-15H2. The minimum absolute atomic E-state index is 0.832. The largest absolute Gasteiger partial charge is 0.353 e. The average molecular weight is 320 g/mol. The van der Waals surface area contributed by atoms with Crippen LogP contribution >= 0.6 is 0 Å². The Balaban J connectivity index is 1.56. The molecule has 4 heterocycles. The first-order valence-corrected chi connectivity index (χ1v) is 8.22. The second kappa shape index (κ2) is 6.70. The fraction of sp³-hybridized carbons (Fsp3) is 0.278. The van der Waals surface area contributed by atoms with Crippen molar-refractivity contribution in [3.05, 3.63) is 66.7 Å². The molecule has 0 bridgehead atoms. The Hall–Kier alpha value is -2.89. The molecular weight excluding hydrogens is 300 g/mol. The van der Waals surface area contributed by atoms with E-state index in [9.17, 15) is 0 Å². The molecule has 0 saturated carbocycles. The van der Waals surface area contributed by atoms with Gasteiger partial charge in [0, 0.05) is 56.5 Å². The molecule has 4 rings (SSSR count). The topological polar surface area (TPSA) is 50.1 Å². The van der Waals surface area contributed by atoms with E-state index in [2.05, 4.69) is 37.0 Å². The van der Waals surface area contributed by atoms with Crippen molar-refractivity contribution in [1.29, 1.82) is 0 Å². The van der Waals surface area contributed by atoms with Crippen LogP contribution in [-0.4, -0.2) is 39.4 Å². The molecule has 0 atom stereocenters. The van der Waals surface area contributed by atoms with Gasteiger partial charge in [-0.2, -0.15) is 5.10 Å². The quantitative estimate of drug-likeness (QED) is 0.737. The molecule has 0 N–H and O–H groups in total. The third-order valence-corrected chi connectivity index (χ3v) is 4.30. The van der Waals surface area contributed by atoms with E-state index in [1.807, 2.05) is 53.7 Å². The Kier molecular flexibility index (Phi) is 4.10. The Bertz CT molecular complexity index is 771. The van der Waals surface area contributed by atoms with Crippen molar-refractivity contribution in [3.63, 3.8) is 0 Å². The molecule has 0 aliphatic carbocycles. The highest BCUT2D eigenvalue weighted by molar-refractivity contribution is 5.52. The van der Waals surface area contributed by atoms with Gasteiger partial charge in [0.25, 0.3) is 0 Å². The van der Waals surface area contributed by atoms with Crippen LogP contribution in [0.4, 0.5) is 11.6 Å². The average Bonchev–Trinajstić information content (AvgIpc) is 3.08. The van der Waals surface area contributed by atoms with E-state index in [1.165, 1.54) is 5.56 Å². The van der Waals surface area contributed by atoms with Crippen molar-refractivity contribution in [2.45, 2.75) is 13.1 Å². The summed E-state index contributed by atoms with van der Waals surface area (Å²) < 4.78 is 1.96. The monoisotopic (exact) mass is 320 g/mol. The van der Waals surface area contributed by atoms with E-state index >= 15 is 0 Å². The predicted molar refractivity (Wildman–Crippen MR) is 94.0 cm³/mol. The van der Waals surface area contributed by atoms with Crippen LogP contribution in [0.5, 0.6) is 0 Å². The lowest BCUT2D eigenvalue weighted by Crippen LogP contribution is -2.34. The van der Waals surface area contributed by atoms with Crippen LogP contribution in [-0.2, 0) is 13.1 Å². The smallest absolute Gasteiger partial charge is 0.133 e. The Morgan fingerprint density at radius 2 is 1.83 bits per heavy atom. The van der Waals surface area contributed by atoms with Crippen LogP contribution in [0.2, 0.25) is 0 Å². The summed E-state index contributed by atoms with van der Waals surface area (Å²) in [5.74, 6) is 2.09. The summed E-state index contributed by atoms with van der Waals surface area (Å²) in [6.45, 7) is 4.42. The molecule has 3 aromatic rings. The minimum atomic E-state index is 0.832. The Labute approximate surface area is 141 Å². The lowest BCUT2D eigenvalue weighted by molar-refractivity contribution is 0.593. The van der Waals surface area contributed by atoms with Gasteiger partial charge >= 0.3 is 0 Å². The summed E-state index contributed by atoms with van der Waals surface area (Å²) in [5.41, 5.74) is 1.24. The van der Waals surface area contributed by atoms with Gasteiger partial charge in [-0.15, -0.1) is 0 Å². The summed E-state index contributed by atoms with van der Waals surface area (Å²) in [4.78, 5) is 13.8. The maximum Gasteiger partial charge on any atom is 0.133 e.